The predicted molar refractivity (Wildman–Crippen MR) is 96.5 cm³/mol. The number of carbonyl (C=O) groups is 1. The third-order valence-corrected chi connectivity index (χ3v) is 4.31. The van der Waals surface area contributed by atoms with Crippen LogP contribution in [0, 0.1) is 0 Å². The van der Waals surface area contributed by atoms with Gasteiger partial charge >= 0.3 is 5.97 Å². The van der Waals surface area contributed by atoms with E-state index in [-0.39, 0.29) is 6.29 Å². The second kappa shape index (κ2) is 7.81. The van der Waals surface area contributed by atoms with Crippen LogP contribution in [0.3, 0.4) is 0 Å². The summed E-state index contributed by atoms with van der Waals surface area (Å²) in [6, 6.07) is 10.1. The summed E-state index contributed by atoms with van der Waals surface area (Å²) in [5, 5.41) is 0. The maximum absolute atomic E-state index is 12.1. The molecule has 2 atom stereocenters. The Morgan fingerprint density at radius 1 is 1.28 bits per heavy atom. The van der Waals surface area contributed by atoms with Crippen LogP contribution < -0.4 is 0 Å². The molecule has 0 amide bonds. The molecular weight excluding hydrogens is 316 g/mol. The molecule has 0 saturated carbocycles. The minimum Gasteiger partial charge on any atom is -0.425 e. The molecule has 0 N–H and O–H groups in total. The van der Waals surface area contributed by atoms with Crippen LogP contribution >= 0.6 is 0 Å². The summed E-state index contributed by atoms with van der Waals surface area (Å²) in [6.07, 6.45) is 8.74. The molecule has 1 heterocycles. The number of rotatable bonds is 5. The third kappa shape index (κ3) is 4.47. The van der Waals surface area contributed by atoms with Crippen LogP contribution in [0.4, 0.5) is 0 Å². The minimum atomic E-state index is -1.14. The van der Waals surface area contributed by atoms with E-state index in [0.29, 0.717) is 18.6 Å². The Morgan fingerprint density at radius 3 is 2.68 bits per heavy atom. The second-order valence-corrected chi connectivity index (χ2v) is 6.46. The van der Waals surface area contributed by atoms with Gasteiger partial charge in [-0.25, -0.2) is 4.79 Å². The Hall–Kier alpha value is -2.17. The van der Waals surface area contributed by atoms with Gasteiger partial charge in [-0.05, 0) is 43.4 Å². The molecule has 1 aromatic rings. The van der Waals surface area contributed by atoms with Crippen LogP contribution in [0.2, 0.25) is 0 Å². The van der Waals surface area contributed by atoms with Crippen molar-refractivity contribution in [1.29, 1.82) is 0 Å². The Morgan fingerprint density at radius 2 is 2.08 bits per heavy atom. The summed E-state index contributed by atoms with van der Waals surface area (Å²) >= 11 is 0. The van der Waals surface area contributed by atoms with E-state index >= 15 is 0 Å². The lowest BCUT2D eigenvalue weighted by Crippen LogP contribution is -2.42. The van der Waals surface area contributed by atoms with Crippen molar-refractivity contribution in [3.63, 3.8) is 0 Å². The molecule has 0 aromatic heterocycles. The summed E-state index contributed by atoms with van der Waals surface area (Å²) in [4.78, 5) is 12.1. The van der Waals surface area contributed by atoms with Crippen molar-refractivity contribution in [3.8, 4) is 0 Å². The second-order valence-electron chi connectivity index (χ2n) is 6.46. The van der Waals surface area contributed by atoms with Crippen LogP contribution in [0.5, 0.6) is 0 Å². The van der Waals surface area contributed by atoms with Gasteiger partial charge in [-0.3, -0.25) is 0 Å². The first kappa shape index (κ1) is 17.6. The SMILES string of the molecule is C=C(C)C(=O)OC1(OC2CCCCO2)C=CC(c2ccccc2)=CC1. The zero-order chi connectivity index (χ0) is 17.7. The number of hydrogen-bond donors (Lipinski definition) is 0. The van der Waals surface area contributed by atoms with Gasteiger partial charge in [0.05, 0.1) is 0 Å². The highest BCUT2D eigenvalue weighted by Gasteiger charge is 2.37. The molecule has 2 unspecified atom stereocenters. The molecule has 1 aliphatic carbocycles. The van der Waals surface area contributed by atoms with E-state index in [9.17, 15) is 4.79 Å². The van der Waals surface area contributed by atoms with Gasteiger partial charge in [-0.2, -0.15) is 0 Å². The van der Waals surface area contributed by atoms with Crippen molar-refractivity contribution >= 4 is 11.5 Å². The fourth-order valence-electron chi connectivity index (χ4n) is 2.91. The van der Waals surface area contributed by atoms with E-state index in [1.807, 2.05) is 48.6 Å². The highest BCUT2D eigenvalue weighted by atomic mass is 16.8. The number of allylic oxidation sites excluding steroid dienone is 2. The molecule has 4 heteroatoms. The summed E-state index contributed by atoms with van der Waals surface area (Å²) in [7, 11) is 0. The van der Waals surface area contributed by atoms with Crippen LogP contribution in [-0.2, 0) is 19.0 Å². The Balaban J connectivity index is 1.78. The van der Waals surface area contributed by atoms with Crippen molar-refractivity contribution in [1.82, 2.24) is 0 Å². The molecule has 132 valence electrons. The first-order valence-corrected chi connectivity index (χ1v) is 8.71. The van der Waals surface area contributed by atoms with Gasteiger partial charge in [-0.1, -0.05) is 49.1 Å². The first-order valence-electron chi connectivity index (χ1n) is 8.71. The first-order chi connectivity index (χ1) is 12.1. The van der Waals surface area contributed by atoms with Crippen LogP contribution in [-0.4, -0.2) is 24.7 Å². The van der Waals surface area contributed by atoms with E-state index in [1.165, 1.54) is 0 Å². The largest absolute Gasteiger partial charge is 0.425 e. The van der Waals surface area contributed by atoms with Gasteiger partial charge in [0.15, 0.2) is 6.29 Å². The molecule has 25 heavy (non-hydrogen) atoms. The lowest BCUT2D eigenvalue weighted by atomic mass is 9.96. The summed E-state index contributed by atoms with van der Waals surface area (Å²) in [6.45, 7) is 5.96. The zero-order valence-corrected chi connectivity index (χ0v) is 14.6. The standard InChI is InChI=1S/C21H24O4/c1-16(2)20(22)25-21(24-19-10-6-7-15-23-19)13-11-18(12-14-21)17-8-4-3-5-9-17/h3-5,8-9,11-13,19H,1,6-7,10,14-15H2,2H3. The molecule has 0 radical (unpaired) electrons. The maximum atomic E-state index is 12.1. The summed E-state index contributed by atoms with van der Waals surface area (Å²) in [5.74, 6) is -1.60. The molecule has 1 fully saturated rings. The summed E-state index contributed by atoms with van der Waals surface area (Å²) < 4.78 is 17.4. The fraction of sp³-hybridized carbons (Fsp3) is 0.381. The zero-order valence-electron chi connectivity index (χ0n) is 14.6. The number of ether oxygens (including phenoxy) is 3. The Labute approximate surface area is 148 Å². The van der Waals surface area contributed by atoms with Gasteiger partial charge in [0, 0.05) is 18.6 Å². The molecule has 1 aromatic carbocycles. The Kier molecular flexibility index (Phi) is 5.51. The van der Waals surface area contributed by atoms with Crippen molar-refractivity contribution in [2.24, 2.45) is 0 Å². The highest BCUT2D eigenvalue weighted by molar-refractivity contribution is 5.87. The topological polar surface area (TPSA) is 44.8 Å². The molecule has 1 saturated heterocycles. The van der Waals surface area contributed by atoms with E-state index in [1.54, 1.807) is 6.92 Å². The smallest absolute Gasteiger partial charge is 0.335 e. The van der Waals surface area contributed by atoms with Crippen LogP contribution in [0.15, 0.2) is 60.7 Å². The van der Waals surface area contributed by atoms with Gasteiger partial charge in [0.2, 0.25) is 5.79 Å². The molecular formula is C21H24O4. The number of benzene rings is 1. The molecule has 3 rings (SSSR count). The lowest BCUT2D eigenvalue weighted by molar-refractivity contribution is -0.282. The predicted octanol–water partition coefficient (Wildman–Crippen LogP) is 4.39. The fourth-order valence-corrected chi connectivity index (χ4v) is 2.91. The summed E-state index contributed by atoms with van der Waals surface area (Å²) in [5.41, 5.74) is 2.54. The van der Waals surface area contributed by atoms with Crippen LogP contribution in [0.1, 0.15) is 38.2 Å². The molecule has 0 bridgehead atoms. The minimum absolute atomic E-state index is 0.346. The van der Waals surface area contributed by atoms with E-state index in [0.717, 1.165) is 30.4 Å². The van der Waals surface area contributed by atoms with Crippen molar-refractivity contribution in [2.75, 3.05) is 6.61 Å². The Bertz CT molecular complexity index is 683. The average molecular weight is 340 g/mol. The number of carbonyl (C=O) groups excluding carboxylic acids is 1. The quantitative estimate of drug-likeness (QED) is 0.453. The molecule has 1 aliphatic heterocycles. The van der Waals surface area contributed by atoms with E-state index in [2.05, 4.69) is 6.58 Å². The lowest BCUT2D eigenvalue weighted by Gasteiger charge is -2.36. The van der Waals surface area contributed by atoms with Crippen molar-refractivity contribution in [2.45, 2.75) is 44.7 Å². The van der Waals surface area contributed by atoms with E-state index < -0.39 is 11.8 Å². The molecule has 4 nitrogen and oxygen atoms in total. The monoisotopic (exact) mass is 340 g/mol. The molecule has 2 aliphatic rings. The van der Waals surface area contributed by atoms with Gasteiger partial charge in [-0.15, -0.1) is 0 Å². The number of hydrogen-bond acceptors (Lipinski definition) is 4. The normalized spacial score (nSPS) is 26.0. The maximum Gasteiger partial charge on any atom is 0.335 e. The highest BCUT2D eigenvalue weighted by Crippen LogP contribution is 2.33. The average Bonchev–Trinajstić information content (AvgIpc) is 2.64. The van der Waals surface area contributed by atoms with Crippen molar-refractivity contribution < 1.29 is 19.0 Å². The molecule has 0 spiro atoms. The number of esters is 1. The third-order valence-electron chi connectivity index (χ3n) is 4.31. The van der Waals surface area contributed by atoms with Gasteiger partial charge in [0.25, 0.3) is 0 Å². The van der Waals surface area contributed by atoms with Gasteiger partial charge in [0.1, 0.15) is 0 Å². The van der Waals surface area contributed by atoms with E-state index in [4.69, 9.17) is 14.2 Å². The van der Waals surface area contributed by atoms with Crippen molar-refractivity contribution in [3.05, 3.63) is 66.3 Å². The van der Waals surface area contributed by atoms with Crippen LogP contribution in [0.25, 0.3) is 5.57 Å². The van der Waals surface area contributed by atoms with Gasteiger partial charge < -0.3 is 14.2 Å².